The molecule has 66 valence electrons. The monoisotopic (exact) mass is 234 g/mol. The van der Waals surface area contributed by atoms with Crippen LogP contribution in [0.2, 0.25) is 0 Å². The minimum atomic E-state index is -0.926. The number of barbiturate groups is 1. The zero-order valence-corrected chi connectivity index (χ0v) is 8.16. The standard InChI is InChI=1S/C6H7BrN2O3/c1-8-4(10)3(7)5(11)9(2)6(8)12/h3H,1-2H3. The van der Waals surface area contributed by atoms with Gasteiger partial charge in [0.15, 0.2) is 4.83 Å². The lowest BCUT2D eigenvalue weighted by Gasteiger charge is -2.30. The predicted octanol–water partition coefficient (Wildman–Crippen LogP) is -0.200. The van der Waals surface area contributed by atoms with Crippen LogP contribution in [-0.4, -0.2) is 46.6 Å². The van der Waals surface area contributed by atoms with E-state index in [0.717, 1.165) is 9.80 Å². The van der Waals surface area contributed by atoms with Crippen molar-refractivity contribution in [2.75, 3.05) is 14.1 Å². The molecule has 1 saturated heterocycles. The van der Waals surface area contributed by atoms with E-state index < -0.39 is 22.7 Å². The van der Waals surface area contributed by atoms with Gasteiger partial charge in [-0.15, -0.1) is 0 Å². The second-order valence-electron chi connectivity index (χ2n) is 2.44. The topological polar surface area (TPSA) is 57.7 Å². The molecule has 1 heterocycles. The predicted molar refractivity (Wildman–Crippen MR) is 43.7 cm³/mol. The molecule has 0 N–H and O–H groups in total. The second kappa shape index (κ2) is 2.85. The summed E-state index contributed by atoms with van der Waals surface area (Å²) in [5.74, 6) is -1.05. The van der Waals surface area contributed by atoms with Gasteiger partial charge in [-0.05, 0) is 0 Å². The molecule has 0 radical (unpaired) electrons. The van der Waals surface area contributed by atoms with Gasteiger partial charge < -0.3 is 0 Å². The number of rotatable bonds is 0. The number of hydrogen-bond donors (Lipinski definition) is 0. The fraction of sp³-hybridized carbons (Fsp3) is 0.500. The van der Waals surface area contributed by atoms with E-state index in [1.54, 1.807) is 0 Å². The Hall–Kier alpha value is -0.910. The van der Waals surface area contributed by atoms with E-state index in [2.05, 4.69) is 15.9 Å². The largest absolute Gasteiger partial charge is 0.332 e. The Kier molecular flexibility index (Phi) is 2.18. The van der Waals surface area contributed by atoms with Crippen molar-refractivity contribution >= 4 is 33.8 Å². The molecule has 0 spiro atoms. The van der Waals surface area contributed by atoms with Gasteiger partial charge in [-0.1, -0.05) is 15.9 Å². The Bertz CT molecular complexity index is 205. The van der Waals surface area contributed by atoms with Gasteiger partial charge in [0.05, 0.1) is 0 Å². The fourth-order valence-electron chi connectivity index (χ4n) is 0.859. The summed E-state index contributed by atoms with van der Waals surface area (Å²) in [6.45, 7) is 0. The van der Waals surface area contributed by atoms with Gasteiger partial charge in [0, 0.05) is 14.1 Å². The lowest BCUT2D eigenvalue weighted by Crippen LogP contribution is -2.57. The summed E-state index contributed by atoms with van der Waals surface area (Å²) in [7, 11) is 2.67. The Balaban J connectivity index is 2.99. The summed E-state index contributed by atoms with van der Waals surface area (Å²) in [6, 6.07) is -0.597. The van der Waals surface area contributed by atoms with Gasteiger partial charge in [0.25, 0.3) is 11.8 Å². The number of urea groups is 1. The van der Waals surface area contributed by atoms with Gasteiger partial charge in [-0.2, -0.15) is 0 Å². The van der Waals surface area contributed by atoms with Crippen LogP contribution in [-0.2, 0) is 9.59 Å². The van der Waals surface area contributed by atoms with Crippen molar-refractivity contribution in [2.45, 2.75) is 4.83 Å². The lowest BCUT2D eigenvalue weighted by molar-refractivity contribution is -0.139. The van der Waals surface area contributed by atoms with Crippen LogP contribution in [0, 0.1) is 0 Å². The molecule has 0 aromatic rings. The van der Waals surface area contributed by atoms with E-state index in [9.17, 15) is 14.4 Å². The molecular formula is C6H7BrN2O3. The lowest BCUT2D eigenvalue weighted by atomic mass is 10.3. The van der Waals surface area contributed by atoms with Crippen LogP contribution in [0.3, 0.4) is 0 Å². The van der Waals surface area contributed by atoms with Crippen molar-refractivity contribution in [3.05, 3.63) is 0 Å². The van der Waals surface area contributed by atoms with Crippen LogP contribution in [0.15, 0.2) is 0 Å². The minimum absolute atomic E-state index is 0.525. The summed E-state index contributed by atoms with van der Waals surface area (Å²) in [5.41, 5.74) is 0. The second-order valence-corrected chi connectivity index (χ2v) is 3.36. The molecule has 6 heteroatoms. The SMILES string of the molecule is CN1C(=O)C(Br)C(=O)N(C)C1=O. The Morgan fingerprint density at radius 3 is 1.75 bits per heavy atom. The third kappa shape index (κ3) is 1.12. The highest BCUT2D eigenvalue weighted by Crippen LogP contribution is 2.14. The molecule has 4 amide bonds. The highest BCUT2D eigenvalue weighted by atomic mass is 79.9. The Labute approximate surface area is 77.4 Å². The summed E-state index contributed by atoms with van der Waals surface area (Å²) >= 11 is 2.89. The van der Waals surface area contributed by atoms with Crippen LogP contribution in [0.5, 0.6) is 0 Å². The third-order valence-electron chi connectivity index (χ3n) is 1.67. The number of alkyl halides is 1. The smallest absolute Gasteiger partial charge is 0.272 e. The van der Waals surface area contributed by atoms with E-state index >= 15 is 0 Å². The number of hydrogen-bond acceptors (Lipinski definition) is 3. The first-order valence-electron chi connectivity index (χ1n) is 3.20. The molecule has 0 aliphatic carbocycles. The summed E-state index contributed by atoms with van der Waals surface area (Å²) in [5, 5.41) is 0. The highest BCUT2D eigenvalue weighted by molar-refractivity contribution is 9.10. The van der Waals surface area contributed by atoms with E-state index in [1.165, 1.54) is 14.1 Å². The van der Waals surface area contributed by atoms with Crippen LogP contribution < -0.4 is 0 Å². The first-order chi connectivity index (χ1) is 5.46. The first kappa shape index (κ1) is 9.18. The van der Waals surface area contributed by atoms with E-state index in [-0.39, 0.29) is 0 Å². The van der Waals surface area contributed by atoms with Gasteiger partial charge in [0.2, 0.25) is 0 Å². The summed E-state index contributed by atoms with van der Waals surface area (Å²) in [4.78, 5) is 34.2. The van der Waals surface area contributed by atoms with E-state index in [0.29, 0.717) is 0 Å². The highest BCUT2D eigenvalue weighted by Gasteiger charge is 2.40. The van der Waals surface area contributed by atoms with Gasteiger partial charge in [-0.3, -0.25) is 19.4 Å². The van der Waals surface area contributed by atoms with Crippen molar-refractivity contribution < 1.29 is 14.4 Å². The molecule has 0 aromatic carbocycles. The molecule has 1 fully saturated rings. The molecule has 0 saturated carbocycles. The molecule has 0 aromatic heterocycles. The molecule has 1 aliphatic rings. The third-order valence-corrected chi connectivity index (χ3v) is 2.45. The van der Waals surface area contributed by atoms with Crippen LogP contribution in [0.25, 0.3) is 0 Å². The molecule has 0 bridgehead atoms. The Morgan fingerprint density at radius 2 is 1.42 bits per heavy atom. The molecule has 0 atom stereocenters. The molecule has 0 unspecified atom stereocenters. The average Bonchev–Trinajstić information content (AvgIpc) is 2.08. The molecule has 1 aliphatic heterocycles. The number of carbonyl (C=O) groups excluding carboxylic acids is 3. The van der Waals surface area contributed by atoms with Crippen molar-refractivity contribution in [3.63, 3.8) is 0 Å². The maximum atomic E-state index is 11.1. The van der Waals surface area contributed by atoms with Crippen molar-refractivity contribution in [3.8, 4) is 0 Å². The quantitative estimate of drug-likeness (QED) is 0.431. The molecule has 12 heavy (non-hydrogen) atoms. The fourth-order valence-corrected chi connectivity index (χ4v) is 1.47. The van der Waals surface area contributed by atoms with Gasteiger partial charge in [0.1, 0.15) is 0 Å². The Morgan fingerprint density at radius 1 is 1.08 bits per heavy atom. The zero-order chi connectivity index (χ0) is 9.46. The number of halogens is 1. The first-order valence-corrected chi connectivity index (χ1v) is 4.11. The minimum Gasteiger partial charge on any atom is -0.272 e. The normalized spacial score (nSPS) is 20.8. The van der Waals surface area contributed by atoms with Crippen LogP contribution >= 0.6 is 15.9 Å². The maximum Gasteiger partial charge on any atom is 0.332 e. The zero-order valence-electron chi connectivity index (χ0n) is 6.57. The van der Waals surface area contributed by atoms with Gasteiger partial charge in [-0.25, -0.2) is 4.79 Å². The number of nitrogens with zero attached hydrogens (tertiary/aromatic N) is 2. The number of carbonyl (C=O) groups is 3. The van der Waals surface area contributed by atoms with Crippen LogP contribution in [0.1, 0.15) is 0 Å². The van der Waals surface area contributed by atoms with E-state index in [4.69, 9.17) is 0 Å². The number of amides is 4. The summed E-state index contributed by atoms with van der Waals surface area (Å²) in [6.07, 6.45) is 0. The molecule has 1 rings (SSSR count). The average molecular weight is 235 g/mol. The molecular weight excluding hydrogens is 228 g/mol. The molecule has 5 nitrogen and oxygen atoms in total. The maximum absolute atomic E-state index is 11.1. The summed E-state index contributed by atoms with van der Waals surface area (Å²) < 4.78 is 0. The van der Waals surface area contributed by atoms with Crippen molar-refractivity contribution in [1.82, 2.24) is 9.80 Å². The van der Waals surface area contributed by atoms with Crippen molar-refractivity contribution in [2.24, 2.45) is 0 Å². The number of imide groups is 2. The van der Waals surface area contributed by atoms with Gasteiger partial charge >= 0.3 is 6.03 Å². The van der Waals surface area contributed by atoms with E-state index in [1.807, 2.05) is 0 Å². The van der Waals surface area contributed by atoms with Crippen molar-refractivity contribution in [1.29, 1.82) is 0 Å². The van der Waals surface area contributed by atoms with Crippen LogP contribution in [0.4, 0.5) is 4.79 Å².